The molecule has 15 heavy (non-hydrogen) atoms. The third-order valence-corrected chi connectivity index (χ3v) is 4.06. The van der Waals surface area contributed by atoms with Crippen LogP contribution in [-0.2, 0) is 0 Å². The van der Waals surface area contributed by atoms with E-state index in [1.165, 1.54) is 10.6 Å². The molecule has 0 aromatic carbocycles. The molecule has 0 spiro atoms. The van der Waals surface area contributed by atoms with Crippen LogP contribution in [-0.4, -0.2) is 31.5 Å². The van der Waals surface area contributed by atoms with Gasteiger partial charge in [-0.1, -0.05) is 11.6 Å². The summed E-state index contributed by atoms with van der Waals surface area (Å²) >= 11 is 7.92. The fraction of sp³-hybridized carbons (Fsp3) is 0.500. The zero-order valence-electron chi connectivity index (χ0n) is 8.19. The summed E-state index contributed by atoms with van der Waals surface area (Å²) in [6.45, 7) is 3.20. The van der Waals surface area contributed by atoms with E-state index in [0.29, 0.717) is 5.92 Å². The van der Waals surface area contributed by atoms with Crippen molar-refractivity contribution in [3.63, 3.8) is 0 Å². The van der Waals surface area contributed by atoms with Crippen LogP contribution in [0.2, 0.25) is 0 Å². The lowest BCUT2D eigenvalue weighted by molar-refractivity contribution is 0.347. The topological polar surface area (TPSA) is 27.6 Å². The van der Waals surface area contributed by atoms with E-state index in [9.17, 15) is 0 Å². The molecule has 2 aliphatic rings. The van der Waals surface area contributed by atoms with E-state index < -0.39 is 0 Å². The molecular formula is C10H12ClN3S. The molecule has 80 valence electrons. The summed E-state index contributed by atoms with van der Waals surface area (Å²) in [4.78, 5) is 7.71. The van der Waals surface area contributed by atoms with Crippen molar-refractivity contribution in [3.8, 4) is 0 Å². The minimum Gasteiger partial charge on any atom is -0.336 e. The molecule has 1 aromatic heterocycles. The van der Waals surface area contributed by atoms with E-state index in [4.69, 9.17) is 11.6 Å². The molecule has 0 bridgehead atoms. The quantitative estimate of drug-likeness (QED) is 0.631. The number of hydrogen-bond acceptors (Lipinski definition) is 4. The van der Waals surface area contributed by atoms with E-state index in [1.54, 1.807) is 11.3 Å². The summed E-state index contributed by atoms with van der Waals surface area (Å²) < 4.78 is 0. The Balaban J connectivity index is 1.83. The van der Waals surface area contributed by atoms with Gasteiger partial charge in [-0.15, -0.1) is 11.3 Å². The molecule has 0 aliphatic carbocycles. The Morgan fingerprint density at radius 3 is 3.20 bits per heavy atom. The number of rotatable bonds is 2. The fourth-order valence-corrected chi connectivity index (χ4v) is 2.93. The highest BCUT2D eigenvalue weighted by atomic mass is 35.5. The molecule has 0 amide bonds. The molecule has 1 atom stereocenters. The number of alkyl halides is 1. The average Bonchev–Trinajstić information content (AvgIpc) is 2.61. The third kappa shape index (κ3) is 1.67. The van der Waals surface area contributed by atoms with Crippen LogP contribution in [0.1, 0.15) is 4.88 Å². The van der Waals surface area contributed by atoms with Crippen molar-refractivity contribution >= 4 is 34.8 Å². The van der Waals surface area contributed by atoms with Gasteiger partial charge in [0, 0.05) is 31.8 Å². The molecule has 0 radical (unpaired) electrons. The van der Waals surface area contributed by atoms with Gasteiger partial charge in [-0.25, -0.2) is 0 Å². The highest BCUT2D eigenvalue weighted by Crippen LogP contribution is 2.32. The third-order valence-electron chi connectivity index (χ3n) is 2.88. The van der Waals surface area contributed by atoms with Gasteiger partial charge in [0.05, 0.1) is 10.6 Å². The Morgan fingerprint density at radius 1 is 1.60 bits per heavy atom. The van der Waals surface area contributed by atoms with Crippen LogP contribution in [0, 0.1) is 5.92 Å². The Kier molecular flexibility index (Phi) is 2.42. The minimum atomic E-state index is -0.229. The first-order valence-corrected chi connectivity index (χ1v) is 6.38. The zero-order chi connectivity index (χ0) is 10.3. The molecule has 1 N–H and O–H groups in total. The van der Waals surface area contributed by atoms with E-state index >= 15 is 0 Å². The van der Waals surface area contributed by atoms with Crippen molar-refractivity contribution in [2.45, 2.75) is 5.62 Å². The molecule has 1 unspecified atom stereocenters. The first-order valence-electron chi connectivity index (χ1n) is 5.07. The van der Waals surface area contributed by atoms with E-state index in [-0.39, 0.29) is 5.62 Å². The van der Waals surface area contributed by atoms with Gasteiger partial charge in [-0.3, -0.25) is 4.99 Å². The van der Waals surface area contributed by atoms with Crippen molar-refractivity contribution in [1.82, 2.24) is 5.32 Å². The van der Waals surface area contributed by atoms with Crippen LogP contribution in [0.3, 0.4) is 0 Å². The molecule has 5 heteroatoms. The van der Waals surface area contributed by atoms with E-state index in [1.807, 2.05) is 6.21 Å². The molecule has 0 saturated carbocycles. The van der Waals surface area contributed by atoms with Gasteiger partial charge in [0.2, 0.25) is 0 Å². The highest BCUT2D eigenvalue weighted by molar-refractivity contribution is 7.12. The van der Waals surface area contributed by atoms with Crippen LogP contribution < -0.4 is 10.2 Å². The number of thiophene rings is 1. The second kappa shape index (κ2) is 3.77. The first kappa shape index (κ1) is 9.63. The maximum Gasteiger partial charge on any atom is 0.197 e. The Hall–Kier alpha value is -0.580. The number of halogens is 1. The lowest BCUT2D eigenvalue weighted by atomic mass is 10.0. The van der Waals surface area contributed by atoms with Crippen molar-refractivity contribution in [1.29, 1.82) is 0 Å². The minimum absolute atomic E-state index is 0.229. The predicted octanol–water partition coefficient (Wildman–Crippen LogP) is 1.73. The van der Waals surface area contributed by atoms with Gasteiger partial charge < -0.3 is 10.2 Å². The summed E-state index contributed by atoms with van der Waals surface area (Å²) in [6, 6.07) is 2.13. The number of aliphatic imine (C=N–C) groups is 1. The van der Waals surface area contributed by atoms with Crippen LogP contribution >= 0.6 is 22.9 Å². The Labute approximate surface area is 97.8 Å². The molecule has 1 aromatic rings. The molecule has 3 heterocycles. The molecule has 1 saturated heterocycles. The number of nitrogens with one attached hydrogen (secondary N) is 1. The Bertz CT molecular complexity index is 386. The molecule has 1 fully saturated rings. The van der Waals surface area contributed by atoms with Crippen molar-refractivity contribution in [2.24, 2.45) is 10.9 Å². The average molecular weight is 242 g/mol. The summed E-state index contributed by atoms with van der Waals surface area (Å²) in [5.74, 6) is 0.715. The van der Waals surface area contributed by atoms with Crippen LogP contribution in [0.5, 0.6) is 0 Å². The van der Waals surface area contributed by atoms with Crippen LogP contribution in [0.25, 0.3) is 0 Å². The van der Waals surface area contributed by atoms with Crippen molar-refractivity contribution in [2.75, 3.05) is 24.5 Å². The molecule has 3 nitrogen and oxygen atoms in total. The number of hydrogen-bond donors (Lipinski definition) is 1. The van der Waals surface area contributed by atoms with Crippen LogP contribution in [0.15, 0.2) is 16.4 Å². The monoisotopic (exact) mass is 241 g/mol. The smallest absolute Gasteiger partial charge is 0.197 e. The number of anilines is 1. The second-order valence-electron chi connectivity index (χ2n) is 3.94. The number of fused-ring (bicyclic) bond motifs is 1. The van der Waals surface area contributed by atoms with Crippen LogP contribution in [0.4, 0.5) is 5.69 Å². The van der Waals surface area contributed by atoms with Gasteiger partial charge in [-0.05, 0) is 11.4 Å². The summed E-state index contributed by atoms with van der Waals surface area (Å²) in [6.07, 6.45) is 1.88. The maximum absolute atomic E-state index is 6.20. The lowest BCUT2D eigenvalue weighted by Gasteiger charge is -2.36. The van der Waals surface area contributed by atoms with Gasteiger partial charge in [0.15, 0.2) is 5.62 Å². The standard InChI is InChI=1S/C10H12ClN3S/c11-10-13-5-9-8(1-2-15-9)14(10)6-7-3-12-4-7/h1-2,5,7,10,12H,3-4,6H2. The summed E-state index contributed by atoms with van der Waals surface area (Å²) in [5, 5.41) is 5.37. The Morgan fingerprint density at radius 2 is 2.47 bits per heavy atom. The zero-order valence-corrected chi connectivity index (χ0v) is 9.76. The SMILES string of the molecule is ClC1N=Cc2sccc2N1CC1CNC1. The molecular weight excluding hydrogens is 230 g/mol. The van der Waals surface area contributed by atoms with Crippen molar-refractivity contribution in [3.05, 3.63) is 16.3 Å². The second-order valence-corrected chi connectivity index (χ2v) is 5.27. The first-order chi connectivity index (χ1) is 7.34. The van der Waals surface area contributed by atoms with E-state index in [2.05, 4.69) is 26.7 Å². The predicted molar refractivity (Wildman–Crippen MR) is 65.3 cm³/mol. The maximum atomic E-state index is 6.20. The van der Waals surface area contributed by atoms with Gasteiger partial charge >= 0.3 is 0 Å². The lowest BCUT2D eigenvalue weighted by Crippen LogP contribution is -2.50. The largest absolute Gasteiger partial charge is 0.336 e. The highest BCUT2D eigenvalue weighted by Gasteiger charge is 2.27. The van der Waals surface area contributed by atoms with Gasteiger partial charge in [-0.2, -0.15) is 0 Å². The molecule has 2 aliphatic heterocycles. The fourth-order valence-electron chi connectivity index (χ4n) is 1.91. The summed E-state index contributed by atoms with van der Waals surface area (Å²) in [7, 11) is 0. The molecule has 3 rings (SSSR count). The number of nitrogens with zero attached hydrogens (tertiary/aromatic N) is 2. The van der Waals surface area contributed by atoms with Crippen molar-refractivity contribution < 1.29 is 0 Å². The van der Waals surface area contributed by atoms with Gasteiger partial charge in [0.1, 0.15) is 0 Å². The van der Waals surface area contributed by atoms with Gasteiger partial charge in [0.25, 0.3) is 0 Å². The van der Waals surface area contributed by atoms with E-state index in [0.717, 1.165) is 19.6 Å². The normalized spacial score (nSPS) is 25.1. The summed E-state index contributed by atoms with van der Waals surface area (Å²) in [5.41, 5.74) is 1.01.